The van der Waals surface area contributed by atoms with Crippen LogP contribution < -0.4 is 20.3 Å². The van der Waals surface area contributed by atoms with E-state index < -0.39 is 11.7 Å². The van der Waals surface area contributed by atoms with Crippen LogP contribution in [-0.4, -0.2) is 41.2 Å². The fraction of sp³-hybridized carbons (Fsp3) is 0.357. The first-order valence-electron chi connectivity index (χ1n) is 12.1. The van der Waals surface area contributed by atoms with Gasteiger partial charge in [0, 0.05) is 42.7 Å². The summed E-state index contributed by atoms with van der Waals surface area (Å²) in [5, 5.41) is 6.17. The van der Waals surface area contributed by atoms with Gasteiger partial charge in [-0.25, -0.2) is 14.8 Å². The van der Waals surface area contributed by atoms with E-state index in [2.05, 4.69) is 34.4 Å². The third-order valence-corrected chi connectivity index (χ3v) is 5.96. The third-order valence-electron chi connectivity index (χ3n) is 5.96. The van der Waals surface area contributed by atoms with Gasteiger partial charge in [-0.15, -0.1) is 0 Å². The molecule has 0 saturated carbocycles. The van der Waals surface area contributed by atoms with E-state index in [1.54, 1.807) is 36.5 Å². The molecular formula is C28H33N5O4. The van der Waals surface area contributed by atoms with Gasteiger partial charge in [0.2, 0.25) is 5.88 Å². The van der Waals surface area contributed by atoms with Gasteiger partial charge >= 0.3 is 6.09 Å². The van der Waals surface area contributed by atoms with Gasteiger partial charge in [-0.3, -0.25) is 9.69 Å². The van der Waals surface area contributed by atoms with Gasteiger partial charge in [0.1, 0.15) is 11.4 Å². The molecule has 194 valence electrons. The number of nitrogens with zero attached hydrogens (tertiary/aromatic N) is 3. The molecule has 3 aromatic rings. The second-order valence-electron chi connectivity index (χ2n) is 10.6. The number of anilines is 3. The monoisotopic (exact) mass is 503 g/mol. The molecule has 9 nitrogen and oxygen atoms in total. The number of methoxy groups -OCH3 is 1. The van der Waals surface area contributed by atoms with E-state index in [1.807, 2.05) is 51.1 Å². The second kappa shape index (κ2) is 10.1. The summed E-state index contributed by atoms with van der Waals surface area (Å²) < 4.78 is 10.8. The molecule has 2 aromatic heterocycles. The summed E-state index contributed by atoms with van der Waals surface area (Å²) in [6, 6.07) is 12.7. The number of nitrogens with one attached hydrogen (secondary N) is 2. The number of aromatic nitrogens is 2. The minimum atomic E-state index is -0.610. The number of carbonyl (C=O) groups excluding carboxylic acids is 2. The van der Waals surface area contributed by atoms with Crippen molar-refractivity contribution in [3.05, 3.63) is 71.5 Å². The Hall–Kier alpha value is -4.14. The molecule has 37 heavy (non-hydrogen) atoms. The first-order valence-corrected chi connectivity index (χ1v) is 12.1. The molecule has 9 heteroatoms. The minimum Gasteiger partial charge on any atom is -0.481 e. The molecule has 0 radical (unpaired) electrons. The number of amides is 2. The highest BCUT2D eigenvalue weighted by atomic mass is 16.6. The number of pyridine rings is 2. The van der Waals surface area contributed by atoms with Crippen molar-refractivity contribution in [2.75, 3.05) is 29.2 Å². The maximum absolute atomic E-state index is 13.3. The number of benzene rings is 1. The average Bonchev–Trinajstić information content (AvgIpc) is 3.12. The van der Waals surface area contributed by atoms with E-state index in [0.29, 0.717) is 36.0 Å². The van der Waals surface area contributed by atoms with Gasteiger partial charge in [0.25, 0.3) is 5.91 Å². The van der Waals surface area contributed by atoms with Crippen LogP contribution in [0, 0.1) is 0 Å². The summed E-state index contributed by atoms with van der Waals surface area (Å²) in [7, 11) is 1.56. The van der Waals surface area contributed by atoms with Crippen molar-refractivity contribution >= 4 is 29.2 Å². The third kappa shape index (κ3) is 5.99. The van der Waals surface area contributed by atoms with Crippen LogP contribution in [-0.2, 0) is 16.7 Å². The van der Waals surface area contributed by atoms with Gasteiger partial charge in [-0.05, 0) is 62.2 Å². The minimum absolute atomic E-state index is 0.245. The molecule has 1 aromatic carbocycles. The van der Waals surface area contributed by atoms with Crippen LogP contribution in [0.5, 0.6) is 5.88 Å². The predicted octanol–water partition coefficient (Wildman–Crippen LogP) is 5.38. The molecule has 4 rings (SSSR count). The molecule has 0 saturated heterocycles. The molecular weight excluding hydrogens is 470 g/mol. The lowest BCUT2D eigenvalue weighted by Gasteiger charge is -2.26. The maximum Gasteiger partial charge on any atom is 0.414 e. The first-order chi connectivity index (χ1) is 17.5. The zero-order chi connectivity index (χ0) is 26.8. The molecule has 0 bridgehead atoms. The summed E-state index contributed by atoms with van der Waals surface area (Å²) in [5.74, 6) is 0.649. The Morgan fingerprint density at radius 1 is 1.08 bits per heavy atom. The van der Waals surface area contributed by atoms with Crippen LogP contribution >= 0.6 is 0 Å². The van der Waals surface area contributed by atoms with Crippen molar-refractivity contribution in [2.45, 2.75) is 52.2 Å². The molecule has 0 atom stereocenters. The Labute approximate surface area is 217 Å². The fourth-order valence-electron chi connectivity index (χ4n) is 4.24. The van der Waals surface area contributed by atoms with Crippen LogP contribution in [0.3, 0.4) is 0 Å². The van der Waals surface area contributed by atoms with E-state index in [9.17, 15) is 9.59 Å². The van der Waals surface area contributed by atoms with E-state index in [0.717, 1.165) is 16.8 Å². The number of hydrogen-bond donors (Lipinski definition) is 2. The smallest absolute Gasteiger partial charge is 0.414 e. The highest BCUT2D eigenvalue weighted by Gasteiger charge is 2.40. The summed E-state index contributed by atoms with van der Waals surface area (Å²) in [5.41, 5.74) is 2.80. The first kappa shape index (κ1) is 25.9. The fourth-order valence-corrected chi connectivity index (χ4v) is 4.24. The van der Waals surface area contributed by atoms with Crippen molar-refractivity contribution < 1.29 is 19.1 Å². The quantitative estimate of drug-likeness (QED) is 0.465. The molecule has 0 aliphatic carbocycles. The second-order valence-corrected chi connectivity index (χ2v) is 10.6. The van der Waals surface area contributed by atoms with Gasteiger partial charge in [-0.2, -0.15) is 0 Å². The highest BCUT2D eigenvalue weighted by molar-refractivity contribution is 6.08. The zero-order valence-electron chi connectivity index (χ0n) is 22.1. The summed E-state index contributed by atoms with van der Waals surface area (Å²) in [6.07, 6.45) is 2.88. The number of rotatable bonds is 6. The Kier molecular flexibility index (Phi) is 7.07. The predicted molar refractivity (Wildman–Crippen MR) is 143 cm³/mol. The van der Waals surface area contributed by atoms with E-state index in [4.69, 9.17) is 9.47 Å². The lowest BCUT2D eigenvalue weighted by Crippen LogP contribution is -2.38. The molecule has 3 heterocycles. The van der Waals surface area contributed by atoms with E-state index in [1.165, 1.54) is 0 Å². The lowest BCUT2D eigenvalue weighted by atomic mass is 9.87. The van der Waals surface area contributed by atoms with E-state index >= 15 is 0 Å². The standard InChI is InChI=1S/C28H33N5O4/c1-27(2,3)37-26(35)33-17-28(4,5)21-10-9-19(15-22(21)33)32-25(34)20-8-7-12-30-24(20)31-16-18-11-13-29-23(14-18)36-6/h7-15H,16-17H2,1-6H3,(H,30,31)(H,32,34). The van der Waals surface area contributed by atoms with Crippen LogP contribution in [0.25, 0.3) is 0 Å². The topological polar surface area (TPSA) is 106 Å². The number of hydrogen-bond acceptors (Lipinski definition) is 7. The van der Waals surface area contributed by atoms with Gasteiger partial charge in [0.05, 0.1) is 18.4 Å². The van der Waals surface area contributed by atoms with Crippen molar-refractivity contribution in [1.29, 1.82) is 0 Å². The number of ether oxygens (including phenoxy) is 2. The Morgan fingerprint density at radius 3 is 2.59 bits per heavy atom. The number of carbonyl (C=O) groups is 2. The highest BCUT2D eigenvalue weighted by Crippen LogP contribution is 2.42. The largest absolute Gasteiger partial charge is 0.481 e. The summed E-state index contributed by atoms with van der Waals surface area (Å²) >= 11 is 0. The normalized spacial score (nSPS) is 14.1. The van der Waals surface area contributed by atoms with Crippen molar-refractivity contribution in [2.24, 2.45) is 0 Å². The summed E-state index contributed by atoms with van der Waals surface area (Å²) in [6.45, 7) is 10.6. The Bertz CT molecular complexity index is 1320. The maximum atomic E-state index is 13.3. The number of fused-ring (bicyclic) bond motifs is 1. The van der Waals surface area contributed by atoms with Gasteiger partial charge < -0.3 is 20.1 Å². The van der Waals surface area contributed by atoms with Crippen LogP contribution in [0.4, 0.5) is 22.0 Å². The average molecular weight is 504 g/mol. The van der Waals surface area contributed by atoms with Gasteiger partial charge in [0.15, 0.2) is 0 Å². The van der Waals surface area contributed by atoms with Crippen molar-refractivity contribution in [3.8, 4) is 5.88 Å². The molecule has 1 aliphatic heterocycles. The van der Waals surface area contributed by atoms with Crippen LogP contribution in [0.15, 0.2) is 54.9 Å². The molecule has 0 spiro atoms. The van der Waals surface area contributed by atoms with Crippen molar-refractivity contribution in [3.63, 3.8) is 0 Å². The Balaban J connectivity index is 1.53. The summed E-state index contributed by atoms with van der Waals surface area (Å²) in [4.78, 5) is 36.3. The van der Waals surface area contributed by atoms with Crippen LogP contribution in [0.2, 0.25) is 0 Å². The lowest BCUT2D eigenvalue weighted by molar-refractivity contribution is 0.0579. The SMILES string of the molecule is COc1cc(CNc2ncccc2C(=O)Nc2ccc3c(c2)N(C(=O)OC(C)(C)C)CC3(C)C)ccn1. The van der Waals surface area contributed by atoms with Crippen LogP contribution in [0.1, 0.15) is 56.1 Å². The van der Waals surface area contributed by atoms with Crippen molar-refractivity contribution in [1.82, 2.24) is 9.97 Å². The van der Waals surface area contributed by atoms with E-state index in [-0.39, 0.29) is 11.3 Å². The van der Waals surface area contributed by atoms with Gasteiger partial charge in [-0.1, -0.05) is 19.9 Å². The Morgan fingerprint density at radius 2 is 1.86 bits per heavy atom. The molecule has 2 amide bonds. The molecule has 1 aliphatic rings. The zero-order valence-corrected chi connectivity index (χ0v) is 22.1. The molecule has 2 N–H and O–H groups in total. The molecule has 0 unspecified atom stereocenters. The molecule has 0 fully saturated rings.